The number of nitrogens with zero attached hydrogens (tertiary/aromatic N) is 1. The van der Waals surface area contributed by atoms with Crippen LogP contribution >= 0.6 is 0 Å². The zero-order chi connectivity index (χ0) is 14.0. The standard InChI is InChI=1S/C15H27NO3/c1-11-5-4-6-15(7-11,14(17)18)10-16-8-13(3)19-9-12(16)2/h11-13H,4-10H2,1-3H3,(H,17,18). The van der Waals surface area contributed by atoms with Gasteiger partial charge in [-0.2, -0.15) is 0 Å². The molecule has 1 aliphatic carbocycles. The first-order valence-electron chi connectivity index (χ1n) is 7.52. The van der Waals surface area contributed by atoms with Gasteiger partial charge >= 0.3 is 5.97 Å². The van der Waals surface area contributed by atoms with Gasteiger partial charge in [-0.1, -0.05) is 19.8 Å². The van der Waals surface area contributed by atoms with Crippen LogP contribution in [0.1, 0.15) is 46.5 Å². The fourth-order valence-electron chi connectivity index (χ4n) is 3.65. The molecule has 0 aromatic carbocycles. The highest BCUT2D eigenvalue weighted by atomic mass is 16.5. The quantitative estimate of drug-likeness (QED) is 0.854. The van der Waals surface area contributed by atoms with Crippen molar-refractivity contribution in [1.29, 1.82) is 0 Å². The third-order valence-corrected chi connectivity index (χ3v) is 4.79. The Hall–Kier alpha value is -0.610. The monoisotopic (exact) mass is 269 g/mol. The average molecular weight is 269 g/mol. The van der Waals surface area contributed by atoms with Gasteiger partial charge in [0.1, 0.15) is 0 Å². The molecule has 2 aliphatic rings. The molecule has 2 fully saturated rings. The first-order valence-corrected chi connectivity index (χ1v) is 7.52. The predicted octanol–water partition coefficient (Wildman–Crippen LogP) is 2.38. The second-order valence-corrected chi connectivity index (χ2v) is 6.71. The van der Waals surface area contributed by atoms with Crippen LogP contribution < -0.4 is 0 Å². The average Bonchev–Trinajstić information content (AvgIpc) is 2.34. The third-order valence-electron chi connectivity index (χ3n) is 4.79. The Morgan fingerprint density at radius 2 is 2.16 bits per heavy atom. The molecule has 1 N–H and O–H groups in total. The van der Waals surface area contributed by atoms with Gasteiger partial charge in [-0.05, 0) is 32.6 Å². The van der Waals surface area contributed by atoms with E-state index in [4.69, 9.17) is 4.74 Å². The summed E-state index contributed by atoms with van der Waals surface area (Å²) in [5.41, 5.74) is -0.539. The lowest BCUT2D eigenvalue weighted by Crippen LogP contribution is -2.54. The number of carbonyl (C=O) groups is 1. The highest BCUT2D eigenvalue weighted by Crippen LogP contribution is 2.41. The van der Waals surface area contributed by atoms with Crippen LogP contribution in [0.4, 0.5) is 0 Å². The molecule has 1 aliphatic heterocycles. The van der Waals surface area contributed by atoms with Gasteiger partial charge in [0.05, 0.1) is 18.1 Å². The molecular formula is C15H27NO3. The Kier molecular flexibility index (Phi) is 4.51. The Morgan fingerprint density at radius 1 is 1.42 bits per heavy atom. The lowest BCUT2D eigenvalue weighted by Gasteiger charge is -2.44. The molecule has 1 heterocycles. The summed E-state index contributed by atoms with van der Waals surface area (Å²) < 4.78 is 5.63. The van der Waals surface area contributed by atoms with Gasteiger partial charge in [0.15, 0.2) is 0 Å². The summed E-state index contributed by atoms with van der Waals surface area (Å²) in [6.07, 6.45) is 4.07. The minimum absolute atomic E-state index is 0.211. The summed E-state index contributed by atoms with van der Waals surface area (Å²) in [5.74, 6) is -0.0796. The van der Waals surface area contributed by atoms with E-state index in [2.05, 4.69) is 25.7 Å². The molecular weight excluding hydrogens is 242 g/mol. The lowest BCUT2D eigenvalue weighted by atomic mass is 9.69. The maximum atomic E-state index is 11.8. The van der Waals surface area contributed by atoms with Crippen molar-refractivity contribution in [3.63, 3.8) is 0 Å². The van der Waals surface area contributed by atoms with Crippen LogP contribution in [0.3, 0.4) is 0 Å². The zero-order valence-corrected chi connectivity index (χ0v) is 12.4. The van der Waals surface area contributed by atoms with Crippen molar-refractivity contribution in [2.24, 2.45) is 11.3 Å². The number of hydrogen-bond acceptors (Lipinski definition) is 3. The molecule has 0 amide bonds. The van der Waals surface area contributed by atoms with Crippen molar-refractivity contribution in [3.05, 3.63) is 0 Å². The molecule has 1 saturated heterocycles. The van der Waals surface area contributed by atoms with E-state index >= 15 is 0 Å². The van der Waals surface area contributed by atoms with E-state index in [0.717, 1.165) is 25.8 Å². The number of ether oxygens (including phenoxy) is 1. The molecule has 0 bridgehead atoms. The van der Waals surface area contributed by atoms with E-state index in [1.165, 1.54) is 6.42 Å². The fourth-order valence-corrected chi connectivity index (χ4v) is 3.65. The van der Waals surface area contributed by atoms with Crippen LogP contribution in [0.2, 0.25) is 0 Å². The highest BCUT2D eigenvalue weighted by molar-refractivity contribution is 5.75. The summed E-state index contributed by atoms with van der Waals surface area (Å²) >= 11 is 0. The van der Waals surface area contributed by atoms with Gasteiger partial charge in [-0.15, -0.1) is 0 Å². The topological polar surface area (TPSA) is 49.8 Å². The van der Waals surface area contributed by atoms with Gasteiger partial charge in [0.2, 0.25) is 0 Å². The number of rotatable bonds is 3. The molecule has 4 heteroatoms. The van der Waals surface area contributed by atoms with E-state index in [9.17, 15) is 9.90 Å². The molecule has 0 aromatic rings. The van der Waals surface area contributed by atoms with Gasteiger partial charge in [-0.25, -0.2) is 0 Å². The molecule has 4 unspecified atom stereocenters. The molecule has 1 saturated carbocycles. The van der Waals surface area contributed by atoms with Crippen molar-refractivity contribution in [1.82, 2.24) is 4.90 Å². The Balaban J connectivity index is 2.09. The second-order valence-electron chi connectivity index (χ2n) is 6.71. The van der Waals surface area contributed by atoms with Crippen molar-refractivity contribution < 1.29 is 14.6 Å². The van der Waals surface area contributed by atoms with E-state index in [1.54, 1.807) is 0 Å². The molecule has 0 radical (unpaired) electrons. The van der Waals surface area contributed by atoms with Crippen LogP contribution in [0.15, 0.2) is 0 Å². The van der Waals surface area contributed by atoms with Crippen LogP contribution in [-0.4, -0.2) is 47.8 Å². The summed E-state index contributed by atoms with van der Waals surface area (Å²) in [7, 11) is 0. The first kappa shape index (κ1) is 14.8. The molecule has 4 nitrogen and oxygen atoms in total. The van der Waals surface area contributed by atoms with Gasteiger partial charge in [0.25, 0.3) is 0 Å². The van der Waals surface area contributed by atoms with Crippen molar-refractivity contribution in [2.45, 2.75) is 58.6 Å². The fraction of sp³-hybridized carbons (Fsp3) is 0.933. The third kappa shape index (κ3) is 3.29. The second kappa shape index (κ2) is 5.80. The first-order chi connectivity index (χ1) is 8.93. The number of morpholine rings is 1. The number of carboxylic acid groups (broad SMARTS) is 1. The van der Waals surface area contributed by atoms with Crippen LogP contribution in [0, 0.1) is 11.3 Å². The largest absolute Gasteiger partial charge is 0.481 e. The van der Waals surface area contributed by atoms with Gasteiger partial charge in [-0.3, -0.25) is 9.69 Å². The minimum atomic E-state index is -0.606. The number of carboxylic acids is 1. The lowest BCUT2D eigenvalue weighted by molar-refractivity contribution is -0.156. The van der Waals surface area contributed by atoms with Crippen molar-refractivity contribution in [2.75, 3.05) is 19.7 Å². The normalized spacial score (nSPS) is 41.1. The predicted molar refractivity (Wildman–Crippen MR) is 74.1 cm³/mol. The zero-order valence-electron chi connectivity index (χ0n) is 12.4. The molecule has 0 spiro atoms. The van der Waals surface area contributed by atoms with Crippen LogP contribution in [0.25, 0.3) is 0 Å². The smallest absolute Gasteiger partial charge is 0.310 e. The molecule has 19 heavy (non-hydrogen) atoms. The van der Waals surface area contributed by atoms with Gasteiger partial charge in [0, 0.05) is 19.1 Å². The maximum Gasteiger partial charge on any atom is 0.310 e. The number of aliphatic carboxylic acids is 1. The summed E-state index contributed by atoms with van der Waals surface area (Å²) in [6.45, 7) is 8.63. The molecule has 4 atom stereocenters. The van der Waals surface area contributed by atoms with Crippen molar-refractivity contribution >= 4 is 5.97 Å². The SMILES string of the molecule is CC1CCCC(CN2CC(C)OCC2C)(C(=O)O)C1. The Bertz CT molecular complexity index is 333. The summed E-state index contributed by atoms with van der Waals surface area (Å²) in [6, 6.07) is 0.324. The molecule has 110 valence electrons. The Labute approximate surface area is 116 Å². The van der Waals surface area contributed by atoms with Crippen LogP contribution in [-0.2, 0) is 9.53 Å². The van der Waals surface area contributed by atoms with Crippen molar-refractivity contribution in [3.8, 4) is 0 Å². The van der Waals surface area contributed by atoms with E-state index in [1.807, 2.05) is 0 Å². The summed E-state index contributed by atoms with van der Waals surface area (Å²) in [4.78, 5) is 14.1. The number of hydrogen-bond donors (Lipinski definition) is 1. The molecule has 2 rings (SSSR count). The summed E-state index contributed by atoms with van der Waals surface area (Å²) in [5, 5.41) is 9.73. The highest BCUT2D eigenvalue weighted by Gasteiger charge is 2.44. The molecule has 0 aromatic heterocycles. The maximum absolute atomic E-state index is 11.8. The van der Waals surface area contributed by atoms with E-state index in [-0.39, 0.29) is 6.10 Å². The van der Waals surface area contributed by atoms with Crippen LogP contribution in [0.5, 0.6) is 0 Å². The van der Waals surface area contributed by atoms with Gasteiger partial charge < -0.3 is 9.84 Å². The Morgan fingerprint density at radius 3 is 2.79 bits per heavy atom. The van der Waals surface area contributed by atoms with E-state index in [0.29, 0.717) is 25.1 Å². The minimum Gasteiger partial charge on any atom is -0.481 e. The van der Waals surface area contributed by atoms with E-state index < -0.39 is 11.4 Å².